The van der Waals surface area contributed by atoms with Crippen molar-refractivity contribution in [1.82, 2.24) is 29.6 Å². The molecule has 1 fully saturated rings. The number of fused-ring (bicyclic) bond motifs is 1. The summed E-state index contributed by atoms with van der Waals surface area (Å²) in [5.41, 5.74) is 1.22. The maximum absolute atomic E-state index is 12.8. The summed E-state index contributed by atoms with van der Waals surface area (Å²) < 4.78 is 6.65. The maximum atomic E-state index is 12.8. The summed E-state index contributed by atoms with van der Waals surface area (Å²) >= 11 is 0. The number of hydrogen-bond donors (Lipinski definition) is 0. The number of hydrogen-bond acceptors (Lipinski definition) is 8. The number of amides is 1. The standard InChI is InChI=1S/C24H25N7O3/c1-16(2)23-27-22(28-34-23)17-7-8-20(25-13-17)29-9-11-30(12-10-29)21(32)14-31-15-26-19-6-4-3-5-18(19)24(31)33/h3-8,13,15-16H,9-12,14H2,1-2H3. The highest BCUT2D eigenvalue weighted by molar-refractivity contribution is 5.79. The van der Waals surface area contributed by atoms with Gasteiger partial charge in [0.1, 0.15) is 12.4 Å². The number of nitrogens with zero attached hydrogens (tertiary/aromatic N) is 7. The van der Waals surface area contributed by atoms with Crippen molar-refractivity contribution < 1.29 is 9.32 Å². The minimum atomic E-state index is -0.205. The van der Waals surface area contributed by atoms with Gasteiger partial charge in [0.25, 0.3) is 5.56 Å². The van der Waals surface area contributed by atoms with Crippen molar-refractivity contribution in [3.63, 3.8) is 0 Å². The molecule has 34 heavy (non-hydrogen) atoms. The minimum absolute atomic E-state index is 0.0212. The molecule has 4 aromatic rings. The summed E-state index contributed by atoms with van der Waals surface area (Å²) in [6.45, 7) is 6.40. The van der Waals surface area contributed by atoms with Gasteiger partial charge in [-0.1, -0.05) is 31.1 Å². The molecule has 0 radical (unpaired) electrons. The van der Waals surface area contributed by atoms with Crippen molar-refractivity contribution >= 4 is 22.6 Å². The van der Waals surface area contributed by atoms with Crippen LogP contribution in [0.3, 0.4) is 0 Å². The van der Waals surface area contributed by atoms with Crippen molar-refractivity contribution in [2.45, 2.75) is 26.3 Å². The average molecular weight is 460 g/mol. The van der Waals surface area contributed by atoms with Crippen molar-refractivity contribution in [1.29, 1.82) is 0 Å². The van der Waals surface area contributed by atoms with Crippen LogP contribution in [0.2, 0.25) is 0 Å². The molecule has 1 aliphatic heterocycles. The zero-order valence-electron chi connectivity index (χ0n) is 19.1. The van der Waals surface area contributed by atoms with Crippen LogP contribution in [-0.4, -0.2) is 61.7 Å². The molecular formula is C24H25N7O3. The first-order chi connectivity index (χ1) is 16.5. The van der Waals surface area contributed by atoms with Gasteiger partial charge in [-0.05, 0) is 24.3 Å². The number of rotatable bonds is 5. The number of benzene rings is 1. The lowest BCUT2D eigenvalue weighted by Gasteiger charge is -2.35. The highest BCUT2D eigenvalue weighted by Gasteiger charge is 2.23. The van der Waals surface area contributed by atoms with Crippen LogP contribution in [0.15, 0.2) is 58.2 Å². The Morgan fingerprint density at radius 1 is 1.06 bits per heavy atom. The molecule has 10 heteroatoms. The van der Waals surface area contributed by atoms with Crippen molar-refractivity contribution in [3.8, 4) is 11.4 Å². The van der Waals surface area contributed by atoms with E-state index in [9.17, 15) is 9.59 Å². The van der Waals surface area contributed by atoms with E-state index in [0.29, 0.717) is 48.8 Å². The summed E-state index contributed by atoms with van der Waals surface area (Å²) in [6, 6.07) is 11.0. The third-order valence-corrected chi connectivity index (χ3v) is 5.94. The average Bonchev–Trinajstić information content (AvgIpc) is 3.37. The van der Waals surface area contributed by atoms with Crippen molar-refractivity contribution in [2.24, 2.45) is 0 Å². The number of piperazine rings is 1. The van der Waals surface area contributed by atoms with Crippen molar-refractivity contribution in [2.75, 3.05) is 31.1 Å². The second-order valence-corrected chi connectivity index (χ2v) is 8.58. The van der Waals surface area contributed by atoms with Crippen LogP contribution in [0.4, 0.5) is 5.82 Å². The largest absolute Gasteiger partial charge is 0.353 e. The van der Waals surface area contributed by atoms with Gasteiger partial charge in [0.2, 0.25) is 17.6 Å². The molecule has 3 aromatic heterocycles. The summed E-state index contributed by atoms with van der Waals surface area (Å²) in [5, 5.41) is 4.54. The van der Waals surface area contributed by atoms with Crippen LogP contribution in [0, 0.1) is 0 Å². The number of carbonyl (C=O) groups is 1. The fourth-order valence-electron chi connectivity index (χ4n) is 3.94. The van der Waals surface area contributed by atoms with Crippen LogP contribution < -0.4 is 10.5 Å². The van der Waals surface area contributed by atoms with E-state index < -0.39 is 0 Å². The molecule has 5 rings (SSSR count). The normalized spacial score (nSPS) is 14.2. The molecule has 0 N–H and O–H groups in total. The van der Waals surface area contributed by atoms with E-state index >= 15 is 0 Å². The first kappa shape index (κ1) is 21.7. The van der Waals surface area contributed by atoms with Gasteiger partial charge in [-0.15, -0.1) is 0 Å². The van der Waals surface area contributed by atoms with E-state index in [1.54, 1.807) is 29.3 Å². The second-order valence-electron chi connectivity index (χ2n) is 8.58. The summed E-state index contributed by atoms with van der Waals surface area (Å²) in [6.07, 6.45) is 3.18. The van der Waals surface area contributed by atoms with E-state index in [4.69, 9.17) is 4.52 Å². The third-order valence-electron chi connectivity index (χ3n) is 5.94. The predicted molar refractivity (Wildman–Crippen MR) is 126 cm³/mol. The fraction of sp³-hybridized carbons (Fsp3) is 0.333. The van der Waals surface area contributed by atoms with Gasteiger partial charge in [-0.3, -0.25) is 14.2 Å². The lowest BCUT2D eigenvalue weighted by molar-refractivity contribution is -0.132. The van der Waals surface area contributed by atoms with Crippen molar-refractivity contribution in [3.05, 3.63) is 65.2 Å². The molecule has 0 spiro atoms. The number of pyridine rings is 1. The van der Waals surface area contributed by atoms with Gasteiger partial charge in [0.05, 0.1) is 17.2 Å². The molecule has 0 atom stereocenters. The SMILES string of the molecule is CC(C)c1nc(-c2ccc(N3CCN(C(=O)Cn4cnc5ccccc5c4=O)CC3)nc2)no1. The molecule has 4 heterocycles. The Balaban J connectivity index is 1.20. The van der Waals surface area contributed by atoms with Crippen LogP contribution in [0.25, 0.3) is 22.3 Å². The van der Waals surface area contributed by atoms with Crippen LogP contribution in [-0.2, 0) is 11.3 Å². The Labute approximate surface area is 195 Å². The molecule has 1 saturated heterocycles. The maximum Gasteiger partial charge on any atom is 0.261 e. The molecule has 1 amide bonds. The first-order valence-corrected chi connectivity index (χ1v) is 11.3. The van der Waals surface area contributed by atoms with E-state index in [2.05, 4.69) is 25.0 Å². The Hall–Kier alpha value is -4.08. The van der Waals surface area contributed by atoms with E-state index in [1.807, 2.05) is 32.0 Å². The highest BCUT2D eigenvalue weighted by Crippen LogP contribution is 2.21. The van der Waals surface area contributed by atoms with Gasteiger partial charge in [-0.2, -0.15) is 4.98 Å². The fourth-order valence-corrected chi connectivity index (χ4v) is 3.94. The monoisotopic (exact) mass is 459 g/mol. The lowest BCUT2D eigenvalue weighted by atomic mass is 10.2. The van der Waals surface area contributed by atoms with E-state index in [1.165, 1.54) is 10.9 Å². The number of anilines is 1. The molecule has 1 aliphatic rings. The molecule has 10 nitrogen and oxygen atoms in total. The Morgan fingerprint density at radius 2 is 1.85 bits per heavy atom. The summed E-state index contributed by atoms with van der Waals surface area (Å²) in [5.74, 6) is 2.03. The highest BCUT2D eigenvalue weighted by atomic mass is 16.5. The number of para-hydroxylation sites is 1. The quantitative estimate of drug-likeness (QED) is 0.447. The van der Waals surface area contributed by atoms with Gasteiger partial charge >= 0.3 is 0 Å². The van der Waals surface area contributed by atoms with E-state index in [0.717, 1.165) is 11.4 Å². The van der Waals surface area contributed by atoms with E-state index in [-0.39, 0.29) is 23.9 Å². The Bertz CT molecular complexity index is 1370. The zero-order valence-corrected chi connectivity index (χ0v) is 19.1. The second kappa shape index (κ2) is 9.05. The molecule has 0 bridgehead atoms. The molecule has 0 unspecified atom stereocenters. The van der Waals surface area contributed by atoms with Crippen LogP contribution in [0.5, 0.6) is 0 Å². The first-order valence-electron chi connectivity index (χ1n) is 11.3. The molecular weight excluding hydrogens is 434 g/mol. The van der Waals surface area contributed by atoms with Gasteiger partial charge in [0, 0.05) is 43.9 Å². The Morgan fingerprint density at radius 3 is 2.56 bits per heavy atom. The third kappa shape index (κ3) is 4.26. The minimum Gasteiger partial charge on any atom is -0.353 e. The molecule has 1 aromatic carbocycles. The summed E-state index contributed by atoms with van der Waals surface area (Å²) in [7, 11) is 0. The smallest absolute Gasteiger partial charge is 0.261 e. The summed E-state index contributed by atoms with van der Waals surface area (Å²) in [4.78, 5) is 42.7. The van der Waals surface area contributed by atoms with Gasteiger partial charge in [-0.25, -0.2) is 9.97 Å². The van der Waals surface area contributed by atoms with Gasteiger partial charge < -0.3 is 14.3 Å². The van der Waals surface area contributed by atoms with Crippen LogP contribution >= 0.6 is 0 Å². The topological polar surface area (TPSA) is 110 Å². The van der Waals surface area contributed by atoms with Gasteiger partial charge in [0.15, 0.2) is 0 Å². The van der Waals surface area contributed by atoms with Crippen LogP contribution in [0.1, 0.15) is 25.7 Å². The number of carbonyl (C=O) groups excluding carboxylic acids is 1. The molecule has 0 aliphatic carbocycles. The Kier molecular flexibility index (Phi) is 5.79. The molecule has 0 saturated carbocycles. The zero-order chi connectivity index (χ0) is 23.7. The molecule has 174 valence electrons. The number of aromatic nitrogens is 5. The predicted octanol–water partition coefficient (Wildman–Crippen LogP) is 2.31. The lowest BCUT2D eigenvalue weighted by Crippen LogP contribution is -2.50.